The second-order valence-electron chi connectivity index (χ2n) is 9.52. The fourth-order valence-electron chi connectivity index (χ4n) is 4.60. The highest BCUT2D eigenvalue weighted by molar-refractivity contribution is 6.05. The molecule has 0 bridgehead atoms. The van der Waals surface area contributed by atoms with Crippen LogP contribution in [0.2, 0.25) is 0 Å². The van der Waals surface area contributed by atoms with E-state index in [4.69, 9.17) is 4.74 Å². The molecule has 4 amide bonds. The van der Waals surface area contributed by atoms with Crippen LogP contribution in [0.1, 0.15) is 49.4 Å². The fourth-order valence-corrected chi connectivity index (χ4v) is 4.60. The summed E-state index contributed by atoms with van der Waals surface area (Å²) in [6.45, 7) is 4.24. The highest BCUT2D eigenvalue weighted by atomic mass is 19.4. The molecule has 1 aliphatic rings. The quantitative estimate of drug-likeness (QED) is 0.233. The minimum atomic E-state index is -4.49. The smallest absolute Gasteiger partial charge is 0.416 e. The Kier molecular flexibility index (Phi) is 9.51. The normalized spacial score (nSPS) is 15.2. The first kappa shape index (κ1) is 30.2. The number of unbranched alkanes of at least 4 members (excludes halogenated alkanes) is 1. The van der Waals surface area contributed by atoms with Gasteiger partial charge in [0, 0.05) is 17.9 Å². The monoisotopic (exact) mass is 580 g/mol. The molecular weight excluding hydrogens is 549 g/mol. The summed E-state index contributed by atoms with van der Waals surface area (Å²) in [6.07, 6.45) is -2.93. The van der Waals surface area contributed by atoms with Gasteiger partial charge in [-0.2, -0.15) is 13.2 Å². The number of carbonyl (C=O) groups is 3. The lowest BCUT2D eigenvalue weighted by molar-refractivity contribution is -0.139. The average molecular weight is 581 g/mol. The van der Waals surface area contributed by atoms with E-state index >= 15 is 0 Å². The molecule has 1 atom stereocenters. The van der Waals surface area contributed by atoms with Crippen molar-refractivity contribution in [3.05, 3.63) is 101 Å². The Hall–Kier alpha value is -4.80. The number of urea groups is 2. The van der Waals surface area contributed by atoms with Crippen molar-refractivity contribution in [2.45, 2.75) is 38.9 Å². The molecule has 1 heterocycles. The molecule has 0 saturated heterocycles. The second-order valence-corrected chi connectivity index (χ2v) is 9.52. The number of hydrogen-bond donors (Lipinski definition) is 3. The van der Waals surface area contributed by atoms with Crippen LogP contribution in [-0.4, -0.2) is 36.1 Å². The Morgan fingerprint density at radius 3 is 2.26 bits per heavy atom. The lowest BCUT2D eigenvalue weighted by Gasteiger charge is -2.37. The number of anilines is 2. The number of nitrogens with zero attached hydrogens (tertiary/aromatic N) is 1. The van der Waals surface area contributed by atoms with Crippen LogP contribution in [0.5, 0.6) is 0 Å². The number of hydrogen-bond acceptors (Lipinski definition) is 4. The number of halogens is 3. The summed E-state index contributed by atoms with van der Waals surface area (Å²) < 4.78 is 44.0. The summed E-state index contributed by atoms with van der Waals surface area (Å²) in [6, 6.07) is 17.9. The van der Waals surface area contributed by atoms with E-state index in [1.165, 1.54) is 0 Å². The molecule has 0 radical (unpaired) electrons. The SMILES string of the molecule is CCCCN1C(=O)NC(c2cccc(NC(=O)Nc3ccc(C(F)(F)F)cc3)c2)C(C(=O)OCC)=C1c1ccccc1. The molecule has 1 aliphatic heterocycles. The molecule has 0 spiro atoms. The number of alkyl halides is 3. The van der Waals surface area contributed by atoms with E-state index in [-0.39, 0.29) is 23.9 Å². The van der Waals surface area contributed by atoms with Gasteiger partial charge in [0.15, 0.2) is 0 Å². The van der Waals surface area contributed by atoms with Gasteiger partial charge in [-0.05, 0) is 60.9 Å². The van der Waals surface area contributed by atoms with Crippen molar-refractivity contribution in [3.63, 3.8) is 0 Å². The molecule has 0 fully saturated rings. The number of nitrogens with one attached hydrogen (secondary N) is 3. The van der Waals surface area contributed by atoms with E-state index in [0.717, 1.165) is 37.1 Å². The van der Waals surface area contributed by atoms with Crippen molar-refractivity contribution in [2.24, 2.45) is 0 Å². The summed E-state index contributed by atoms with van der Waals surface area (Å²) in [5.41, 5.74) is 1.58. The maximum absolute atomic E-state index is 13.4. The predicted molar refractivity (Wildman–Crippen MR) is 153 cm³/mol. The molecule has 8 nitrogen and oxygen atoms in total. The van der Waals surface area contributed by atoms with Crippen molar-refractivity contribution in [1.82, 2.24) is 10.2 Å². The van der Waals surface area contributed by atoms with E-state index in [1.807, 2.05) is 37.3 Å². The Labute approximate surface area is 241 Å². The van der Waals surface area contributed by atoms with Gasteiger partial charge in [0.05, 0.1) is 29.5 Å². The number of ether oxygens (including phenoxy) is 1. The molecule has 3 N–H and O–H groups in total. The maximum Gasteiger partial charge on any atom is 0.416 e. The second kappa shape index (κ2) is 13.2. The highest BCUT2D eigenvalue weighted by Gasteiger charge is 2.38. The van der Waals surface area contributed by atoms with Crippen LogP contribution in [0, 0.1) is 0 Å². The van der Waals surface area contributed by atoms with E-state index in [1.54, 1.807) is 36.1 Å². The summed E-state index contributed by atoms with van der Waals surface area (Å²) in [4.78, 5) is 41.1. The fraction of sp³-hybridized carbons (Fsp3) is 0.258. The van der Waals surface area contributed by atoms with E-state index < -0.39 is 29.8 Å². The number of benzene rings is 3. The van der Waals surface area contributed by atoms with E-state index in [2.05, 4.69) is 16.0 Å². The number of rotatable bonds is 9. The standard InChI is InChI=1S/C31H31F3N4O4/c1-3-5-18-38-27(20-10-7-6-8-11-20)25(28(39)42-4-2)26(37-30(38)41)21-12-9-13-24(19-21)36-29(40)35-23-16-14-22(15-17-23)31(32,33)34/h6-17,19,26H,3-5,18H2,1-2H3,(H,37,41)(H2,35,36,40). The van der Waals surface area contributed by atoms with Gasteiger partial charge in [0.25, 0.3) is 0 Å². The minimum absolute atomic E-state index is 0.131. The van der Waals surface area contributed by atoms with Crippen LogP contribution in [0.15, 0.2) is 84.4 Å². The van der Waals surface area contributed by atoms with Gasteiger partial charge >= 0.3 is 24.2 Å². The van der Waals surface area contributed by atoms with E-state index in [9.17, 15) is 27.6 Å². The first-order valence-corrected chi connectivity index (χ1v) is 13.5. The molecular formula is C31H31F3N4O4. The van der Waals surface area contributed by atoms with Crippen molar-refractivity contribution in [1.29, 1.82) is 0 Å². The molecule has 0 saturated carbocycles. The lowest BCUT2D eigenvalue weighted by atomic mass is 9.91. The van der Waals surface area contributed by atoms with Crippen molar-refractivity contribution in [3.8, 4) is 0 Å². The van der Waals surface area contributed by atoms with Crippen molar-refractivity contribution >= 4 is 35.1 Å². The highest BCUT2D eigenvalue weighted by Crippen LogP contribution is 2.37. The maximum atomic E-state index is 13.4. The van der Waals surface area contributed by atoms with Gasteiger partial charge in [-0.3, -0.25) is 4.90 Å². The Morgan fingerprint density at radius 1 is 0.929 bits per heavy atom. The van der Waals surface area contributed by atoms with Gasteiger partial charge in [0.1, 0.15) is 0 Å². The Morgan fingerprint density at radius 2 is 1.62 bits per heavy atom. The third kappa shape index (κ3) is 7.09. The average Bonchev–Trinajstić information content (AvgIpc) is 2.96. The molecule has 220 valence electrons. The third-order valence-electron chi connectivity index (χ3n) is 6.55. The number of esters is 1. The molecule has 3 aromatic rings. The van der Waals surface area contributed by atoms with Crippen LogP contribution in [0.25, 0.3) is 5.70 Å². The van der Waals surface area contributed by atoms with Crippen molar-refractivity contribution < 1.29 is 32.3 Å². The molecule has 0 aliphatic carbocycles. The third-order valence-corrected chi connectivity index (χ3v) is 6.55. The molecule has 1 unspecified atom stereocenters. The van der Waals surface area contributed by atoms with Crippen LogP contribution in [0.4, 0.5) is 34.1 Å². The first-order chi connectivity index (χ1) is 20.1. The Balaban J connectivity index is 1.67. The lowest BCUT2D eigenvalue weighted by Crippen LogP contribution is -2.48. The molecule has 11 heteroatoms. The molecule has 4 rings (SSSR count). The Bertz CT molecular complexity index is 1460. The summed E-state index contributed by atoms with van der Waals surface area (Å²) >= 11 is 0. The number of amides is 4. The molecule has 42 heavy (non-hydrogen) atoms. The van der Waals surface area contributed by atoms with Crippen LogP contribution in [0.3, 0.4) is 0 Å². The van der Waals surface area contributed by atoms with Gasteiger partial charge < -0.3 is 20.7 Å². The first-order valence-electron chi connectivity index (χ1n) is 13.5. The topological polar surface area (TPSA) is 99.8 Å². The van der Waals surface area contributed by atoms with Gasteiger partial charge in [-0.25, -0.2) is 14.4 Å². The van der Waals surface area contributed by atoms with Crippen LogP contribution >= 0.6 is 0 Å². The zero-order chi connectivity index (χ0) is 30.3. The molecule has 0 aromatic heterocycles. The summed E-state index contributed by atoms with van der Waals surface area (Å²) in [5, 5.41) is 8.07. The van der Waals surface area contributed by atoms with Gasteiger partial charge in [-0.1, -0.05) is 55.8 Å². The predicted octanol–water partition coefficient (Wildman–Crippen LogP) is 7.19. The van der Waals surface area contributed by atoms with Crippen LogP contribution < -0.4 is 16.0 Å². The largest absolute Gasteiger partial charge is 0.463 e. The zero-order valence-corrected chi connectivity index (χ0v) is 23.1. The van der Waals surface area contributed by atoms with Crippen LogP contribution in [-0.2, 0) is 15.7 Å². The number of carbonyl (C=O) groups excluding carboxylic acids is 3. The summed E-state index contributed by atoms with van der Waals surface area (Å²) in [5.74, 6) is -0.582. The van der Waals surface area contributed by atoms with Gasteiger partial charge in [-0.15, -0.1) is 0 Å². The van der Waals surface area contributed by atoms with Gasteiger partial charge in [0.2, 0.25) is 0 Å². The zero-order valence-electron chi connectivity index (χ0n) is 23.1. The summed E-state index contributed by atoms with van der Waals surface area (Å²) in [7, 11) is 0. The van der Waals surface area contributed by atoms with E-state index in [0.29, 0.717) is 29.1 Å². The minimum Gasteiger partial charge on any atom is -0.463 e. The van der Waals surface area contributed by atoms with Crippen molar-refractivity contribution in [2.75, 3.05) is 23.8 Å². The molecule has 3 aromatic carbocycles.